The molecule has 27 heavy (non-hydrogen) atoms. The first-order valence-electron chi connectivity index (χ1n) is 9.50. The number of benzene rings is 2. The maximum atomic E-state index is 10.5. The fraction of sp³-hybridized carbons (Fsp3) is 0.409. The lowest BCUT2D eigenvalue weighted by molar-refractivity contribution is 0.179. The van der Waals surface area contributed by atoms with Crippen LogP contribution in [0.1, 0.15) is 43.6 Å². The molecule has 2 aromatic rings. The molecule has 0 bridgehead atoms. The maximum Gasteiger partial charge on any atom is 0.191 e. The molecule has 5 heteroatoms. The monoisotopic (exact) mass is 369 g/mol. The predicted octanol–water partition coefficient (Wildman–Crippen LogP) is 3.57. The van der Waals surface area contributed by atoms with E-state index in [1.807, 2.05) is 45.0 Å². The summed E-state index contributed by atoms with van der Waals surface area (Å²) in [5.41, 5.74) is 3.20. The van der Waals surface area contributed by atoms with Gasteiger partial charge in [-0.3, -0.25) is 0 Å². The highest BCUT2D eigenvalue weighted by atomic mass is 16.5. The smallest absolute Gasteiger partial charge is 0.191 e. The summed E-state index contributed by atoms with van der Waals surface area (Å²) in [5, 5.41) is 16.9. The summed E-state index contributed by atoms with van der Waals surface area (Å²) in [6, 6.07) is 15.9. The van der Waals surface area contributed by atoms with Gasteiger partial charge in [0.1, 0.15) is 5.75 Å². The standard InChI is InChI=1S/C22H31N3O2/c1-5-23-22(24-14-18-11-9-17(4)10-12-18)25-15-21(26)19-7-6-8-20(13-19)27-16(2)3/h6-13,16,21,26H,5,14-15H2,1-4H3,(H2,23,24,25). The van der Waals surface area contributed by atoms with Crippen molar-refractivity contribution in [1.82, 2.24) is 10.6 Å². The molecule has 3 N–H and O–H groups in total. The Labute approximate surface area is 162 Å². The molecule has 0 heterocycles. The summed E-state index contributed by atoms with van der Waals surface area (Å²) in [5.74, 6) is 1.45. The van der Waals surface area contributed by atoms with Crippen LogP contribution >= 0.6 is 0 Å². The second-order valence-corrected chi connectivity index (χ2v) is 6.82. The van der Waals surface area contributed by atoms with Crippen molar-refractivity contribution < 1.29 is 9.84 Å². The number of nitrogens with one attached hydrogen (secondary N) is 2. The van der Waals surface area contributed by atoms with E-state index in [1.54, 1.807) is 0 Å². The lowest BCUT2D eigenvalue weighted by Gasteiger charge is -2.17. The average Bonchev–Trinajstić information content (AvgIpc) is 2.64. The van der Waals surface area contributed by atoms with Crippen molar-refractivity contribution in [2.75, 3.05) is 13.1 Å². The number of ether oxygens (including phenoxy) is 1. The van der Waals surface area contributed by atoms with Crippen LogP contribution in [-0.2, 0) is 6.54 Å². The summed E-state index contributed by atoms with van der Waals surface area (Å²) in [4.78, 5) is 4.59. The Morgan fingerprint density at radius 3 is 2.52 bits per heavy atom. The van der Waals surface area contributed by atoms with E-state index in [0.717, 1.165) is 23.4 Å². The number of aliphatic hydroxyl groups excluding tert-OH is 1. The van der Waals surface area contributed by atoms with Crippen molar-refractivity contribution in [2.24, 2.45) is 4.99 Å². The minimum absolute atomic E-state index is 0.102. The summed E-state index contributed by atoms with van der Waals surface area (Å²) in [6.07, 6.45) is -0.547. The summed E-state index contributed by atoms with van der Waals surface area (Å²) in [6.45, 7) is 9.77. The first-order valence-corrected chi connectivity index (χ1v) is 9.50. The average molecular weight is 370 g/mol. The number of aliphatic hydroxyl groups is 1. The van der Waals surface area contributed by atoms with Gasteiger partial charge in [-0.05, 0) is 51.0 Å². The molecule has 0 saturated heterocycles. The molecule has 0 aromatic heterocycles. The van der Waals surface area contributed by atoms with E-state index in [4.69, 9.17) is 4.74 Å². The molecule has 0 radical (unpaired) electrons. The molecule has 0 spiro atoms. The van der Waals surface area contributed by atoms with Crippen molar-refractivity contribution in [1.29, 1.82) is 0 Å². The number of nitrogens with zero attached hydrogens (tertiary/aromatic N) is 1. The molecule has 2 rings (SSSR count). The molecule has 0 amide bonds. The lowest BCUT2D eigenvalue weighted by Crippen LogP contribution is -2.39. The SMILES string of the molecule is CCNC(=NCc1ccc(C)cc1)NCC(O)c1cccc(OC(C)C)c1. The molecule has 0 saturated carbocycles. The van der Waals surface area contributed by atoms with Gasteiger partial charge in [0.05, 0.1) is 18.8 Å². The van der Waals surface area contributed by atoms with E-state index >= 15 is 0 Å². The van der Waals surface area contributed by atoms with Crippen LogP contribution in [0.15, 0.2) is 53.5 Å². The Hall–Kier alpha value is -2.53. The summed E-state index contributed by atoms with van der Waals surface area (Å²) < 4.78 is 5.70. The molecule has 5 nitrogen and oxygen atoms in total. The number of guanidine groups is 1. The van der Waals surface area contributed by atoms with Crippen LogP contribution in [0.4, 0.5) is 0 Å². The van der Waals surface area contributed by atoms with Crippen LogP contribution in [0.25, 0.3) is 0 Å². The Morgan fingerprint density at radius 1 is 1.11 bits per heavy atom. The fourth-order valence-electron chi connectivity index (χ4n) is 2.58. The maximum absolute atomic E-state index is 10.5. The zero-order chi connectivity index (χ0) is 19.6. The highest BCUT2D eigenvalue weighted by molar-refractivity contribution is 5.79. The quantitative estimate of drug-likeness (QED) is 0.492. The second kappa shape index (κ2) is 10.6. The minimum Gasteiger partial charge on any atom is -0.491 e. The number of aliphatic imine (C=N–C) groups is 1. The van der Waals surface area contributed by atoms with Crippen LogP contribution in [0.5, 0.6) is 5.75 Å². The zero-order valence-electron chi connectivity index (χ0n) is 16.7. The highest BCUT2D eigenvalue weighted by Crippen LogP contribution is 2.19. The number of aryl methyl sites for hydroxylation is 1. The third kappa shape index (κ3) is 7.31. The van der Waals surface area contributed by atoms with Gasteiger partial charge in [-0.1, -0.05) is 42.0 Å². The van der Waals surface area contributed by atoms with Crippen LogP contribution in [0, 0.1) is 6.92 Å². The predicted molar refractivity (Wildman–Crippen MR) is 111 cm³/mol. The molecule has 0 aliphatic rings. The van der Waals surface area contributed by atoms with E-state index in [0.29, 0.717) is 19.0 Å². The van der Waals surface area contributed by atoms with Crippen LogP contribution < -0.4 is 15.4 Å². The Balaban J connectivity index is 1.96. The number of hydrogen-bond acceptors (Lipinski definition) is 3. The van der Waals surface area contributed by atoms with Gasteiger partial charge < -0.3 is 20.5 Å². The Morgan fingerprint density at radius 2 is 1.85 bits per heavy atom. The number of rotatable bonds is 8. The molecule has 0 aliphatic heterocycles. The molecular weight excluding hydrogens is 338 g/mol. The van der Waals surface area contributed by atoms with Crippen LogP contribution in [0.2, 0.25) is 0 Å². The number of hydrogen-bond donors (Lipinski definition) is 3. The van der Waals surface area contributed by atoms with Gasteiger partial charge >= 0.3 is 0 Å². The van der Waals surface area contributed by atoms with Gasteiger partial charge in [0.25, 0.3) is 0 Å². The molecule has 146 valence electrons. The van der Waals surface area contributed by atoms with Gasteiger partial charge in [-0.15, -0.1) is 0 Å². The van der Waals surface area contributed by atoms with Crippen molar-refractivity contribution in [3.8, 4) is 5.75 Å². The zero-order valence-corrected chi connectivity index (χ0v) is 16.7. The van der Waals surface area contributed by atoms with E-state index in [1.165, 1.54) is 5.56 Å². The Bertz CT molecular complexity index is 727. The normalized spacial score (nSPS) is 12.7. The summed E-state index contributed by atoms with van der Waals surface area (Å²) in [7, 11) is 0. The van der Waals surface area contributed by atoms with Gasteiger partial charge in [0.2, 0.25) is 0 Å². The Kier molecular flexibility index (Phi) is 8.14. The molecule has 1 atom stereocenters. The van der Waals surface area contributed by atoms with Gasteiger partial charge in [0, 0.05) is 13.1 Å². The van der Waals surface area contributed by atoms with Crippen molar-refractivity contribution in [2.45, 2.75) is 46.4 Å². The van der Waals surface area contributed by atoms with Gasteiger partial charge in [0.15, 0.2) is 5.96 Å². The van der Waals surface area contributed by atoms with Crippen molar-refractivity contribution in [3.05, 3.63) is 65.2 Å². The first kappa shape index (κ1) is 20.8. The highest BCUT2D eigenvalue weighted by Gasteiger charge is 2.10. The third-order valence-electron chi connectivity index (χ3n) is 3.96. The molecule has 0 fully saturated rings. The third-order valence-corrected chi connectivity index (χ3v) is 3.96. The molecule has 1 unspecified atom stereocenters. The minimum atomic E-state index is -0.649. The van der Waals surface area contributed by atoms with E-state index in [9.17, 15) is 5.11 Å². The summed E-state index contributed by atoms with van der Waals surface area (Å²) >= 11 is 0. The largest absolute Gasteiger partial charge is 0.491 e. The second-order valence-electron chi connectivity index (χ2n) is 6.82. The molecule has 0 aliphatic carbocycles. The van der Waals surface area contributed by atoms with Crippen LogP contribution in [-0.4, -0.2) is 30.3 Å². The first-order chi connectivity index (χ1) is 13.0. The molecule has 2 aromatic carbocycles. The van der Waals surface area contributed by atoms with Gasteiger partial charge in [-0.2, -0.15) is 0 Å². The van der Waals surface area contributed by atoms with Crippen molar-refractivity contribution >= 4 is 5.96 Å². The molecular formula is C22H31N3O2. The van der Waals surface area contributed by atoms with E-state index in [-0.39, 0.29) is 6.10 Å². The lowest BCUT2D eigenvalue weighted by atomic mass is 10.1. The van der Waals surface area contributed by atoms with E-state index < -0.39 is 6.10 Å². The van der Waals surface area contributed by atoms with Gasteiger partial charge in [-0.25, -0.2) is 4.99 Å². The topological polar surface area (TPSA) is 65.9 Å². The fourth-order valence-corrected chi connectivity index (χ4v) is 2.58. The van der Waals surface area contributed by atoms with Crippen LogP contribution in [0.3, 0.4) is 0 Å². The van der Waals surface area contributed by atoms with E-state index in [2.05, 4.69) is 46.8 Å². The van der Waals surface area contributed by atoms with Crippen molar-refractivity contribution in [3.63, 3.8) is 0 Å².